The Morgan fingerprint density at radius 2 is 1.93 bits per heavy atom. The van der Waals surface area contributed by atoms with Gasteiger partial charge in [-0.2, -0.15) is 13.2 Å². The van der Waals surface area contributed by atoms with E-state index in [-0.39, 0.29) is 5.95 Å². The number of imidazole rings is 1. The third kappa shape index (κ3) is 4.02. The van der Waals surface area contributed by atoms with E-state index in [1.54, 1.807) is 30.4 Å². The number of nitrogens with one attached hydrogen (secondary N) is 1. The Morgan fingerprint density at radius 1 is 1.26 bits per heavy atom. The molecule has 1 N–H and O–H groups in total. The molecule has 0 aliphatic rings. The van der Waals surface area contributed by atoms with E-state index >= 15 is 0 Å². The summed E-state index contributed by atoms with van der Waals surface area (Å²) in [5.74, 6) is -0.830. The second-order valence-corrected chi connectivity index (χ2v) is 6.66. The van der Waals surface area contributed by atoms with Crippen molar-refractivity contribution in [2.45, 2.75) is 19.6 Å². The van der Waals surface area contributed by atoms with Crippen LogP contribution in [-0.2, 0) is 11.3 Å². The van der Waals surface area contributed by atoms with Gasteiger partial charge in [-0.3, -0.25) is 9.36 Å². The Kier molecular flexibility index (Phi) is 5.05. The molecule has 3 rings (SSSR count). The lowest BCUT2D eigenvalue weighted by molar-refractivity contribution is -0.138. The van der Waals surface area contributed by atoms with Crippen LogP contribution in [0, 0.1) is 6.92 Å². The zero-order valence-electron chi connectivity index (χ0n) is 13.9. The summed E-state index contributed by atoms with van der Waals surface area (Å²) < 4.78 is 39.8. The number of nitrogens with zero attached hydrogens (tertiary/aromatic N) is 4. The number of para-hydroxylation sites is 1. The van der Waals surface area contributed by atoms with Crippen LogP contribution in [0.4, 0.5) is 13.2 Å². The molecule has 0 atom stereocenters. The summed E-state index contributed by atoms with van der Waals surface area (Å²) in [4.78, 5) is 33.0. The molecular formula is C16H13BrF3N5O2. The van der Waals surface area contributed by atoms with Crippen molar-refractivity contribution in [3.8, 4) is 5.95 Å². The maximum Gasteiger partial charge on any atom is 0.405 e. The highest BCUT2D eigenvalue weighted by Gasteiger charge is 2.28. The van der Waals surface area contributed by atoms with Gasteiger partial charge in [-0.25, -0.2) is 19.3 Å². The summed E-state index contributed by atoms with van der Waals surface area (Å²) in [6, 6.07) is 5.06. The van der Waals surface area contributed by atoms with E-state index in [1.807, 2.05) is 0 Å². The smallest absolute Gasteiger partial charge is 0.345 e. The number of aromatic nitrogens is 4. The first-order valence-electron chi connectivity index (χ1n) is 7.69. The normalized spacial score (nSPS) is 11.7. The summed E-state index contributed by atoms with van der Waals surface area (Å²) >= 11 is 3.21. The highest BCUT2D eigenvalue weighted by molar-refractivity contribution is 9.10. The van der Waals surface area contributed by atoms with Gasteiger partial charge in [0, 0.05) is 12.4 Å². The molecule has 0 fully saturated rings. The van der Waals surface area contributed by atoms with Crippen LogP contribution < -0.4 is 11.0 Å². The fourth-order valence-corrected chi connectivity index (χ4v) is 2.83. The maximum absolute atomic E-state index is 12.9. The monoisotopic (exact) mass is 443 g/mol. The maximum atomic E-state index is 12.9. The van der Waals surface area contributed by atoms with Crippen LogP contribution in [0.5, 0.6) is 0 Å². The predicted octanol–water partition coefficient (Wildman–Crippen LogP) is 2.33. The lowest BCUT2D eigenvalue weighted by atomic mass is 10.2. The highest BCUT2D eigenvalue weighted by Crippen LogP contribution is 2.20. The van der Waals surface area contributed by atoms with E-state index < -0.39 is 30.9 Å². The summed E-state index contributed by atoms with van der Waals surface area (Å²) in [5, 5.41) is 1.76. The van der Waals surface area contributed by atoms with Gasteiger partial charge >= 0.3 is 11.9 Å². The van der Waals surface area contributed by atoms with Crippen molar-refractivity contribution in [2.24, 2.45) is 0 Å². The van der Waals surface area contributed by atoms with Crippen LogP contribution in [0.3, 0.4) is 0 Å². The zero-order valence-corrected chi connectivity index (χ0v) is 15.5. The molecule has 11 heteroatoms. The third-order valence-electron chi connectivity index (χ3n) is 3.75. The van der Waals surface area contributed by atoms with Crippen molar-refractivity contribution in [1.29, 1.82) is 0 Å². The molecule has 0 unspecified atom stereocenters. The summed E-state index contributed by atoms with van der Waals surface area (Å²) in [6.07, 6.45) is -1.60. The van der Waals surface area contributed by atoms with Gasteiger partial charge in [0.15, 0.2) is 0 Å². The van der Waals surface area contributed by atoms with Gasteiger partial charge in [0.2, 0.25) is 11.9 Å². The summed E-state index contributed by atoms with van der Waals surface area (Å²) in [6.45, 7) is -0.252. The quantitative estimate of drug-likeness (QED) is 0.670. The molecule has 0 radical (unpaired) electrons. The fourth-order valence-electron chi connectivity index (χ4n) is 2.63. The SMILES string of the molecule is Cc1cccc2c1n(-c1ncc(Br)cn1)c(=O)n2CC(=O)NCC(F)(F)F. The van der Waals surface area contributed by atoms with E-state index in [9.17, 15) is 22.8 Å². The van der Waals surface area contributed by atoms with Crippen molar-refractivity contribution < 1.29 is 18.0 Å². The third-order valence-corrected chi connectivity index (χ3v) is 4.16. The molecule has 0 aliphatic carbocycles. The standard InChI is InChI=1S/C16H13BrF3N5O2/c1-9-3-2-4-11-13(9)25(14-21-5-10(17)6-22-14)15(27)24(11)7-12(26)23-8-16(18,19)20/h2-6H,7-8H2,1H3,(H,23,26). The molecule has 2 heterocycles. The first-order valence-corrected chi connectivity index (χ1v) is 8.49. The number of carbonyl (C=O) groups is 1. The number of benzene rings is 1. The zero-order chi connectivity index (χ0) is 19.8. The van der Waals surface area contributed by atoms with Crippen molar-refractivity contribution in [1.82, 2.24) is 24.4 Å². The molecular weight excluding hydrogens is 431 g/mol. The predicted molar refractivity (Wildman–Crippen MR) is 94.6 cm³/mol. The van der Waals surface area contributed by atoms with Crippen molar-refractivity contribution in [2.75, 3.05) is 6.54 Å². The molecule has 27 heavy (non-hydrogen) atoms. The van der Waals surface area contributed by atoms with E-state index in [1.165, 1.54) is 17.0 Å². The fraction of sp³-hybridized carbons (Fsp3) is 0.250. The summed E-state index contributed by atoms with van der Waals surface area (Å²) in [7, 11) is 0. The van der Waals surface area contributed by atoms with Crippen LogP contribution in [-0.4, -0.2) is 37.7 Å². The van der Waals surface area contributed by atoms with E-state index in [0.29, 0.717) is 15.5 Å². The lowest BCUT2D eigenvalue weighted by Crippen LogP contribution is -2.38. The van der Waals surface area contributed by atoms with Gasteiger partial charge in [0.25, 0.3) is 0 Å². The molecule has 3 aromatic rings. The Morgan fingerprint density at radius 3 is 2.56 bits per heavy atom. The first-order chi connectivity index (χ1) is 12.7. The molecule has 7 nitrogen and oxygen atoms in total. The average Bonchev–Trinajstić information content (AvgIpc) is 2.87. The topological polar surface area (TPSA) is 81.8 Å². The Balaban J connectivity index is 2.08. The first kappa shape index (κ1) is 19.1. The Labute approximate surface area is 159 Å². The Bertz CT molecular complexity index is 1060. The number of rotatable bonds is 4. The van der Waals surface area contributed by atoms with E-state index in [4.69, 9.17) is 0 Å². The van der Waals surface area contributed by atoms with Crippen molar-refractivity contribution in [3.05, 3.63) is 51.1 Å². The number of aryl methyl sites for hydroxylation is 1. The molecule has 0 bridgehead atoms. The van der Waals surface area contributed by atoms with Crippen LogP contribution in [0.1, 0.15) is 5.56 Å². The van der Waals surface area contributed by atoms with E-state index in [2.05, 4.69) is 25.9 Å². The number of carbonyl (C=O) groups excluding carboxylic acids is 1. The van der Waals surface area contributed by atoms with Gasteiger partial charge in [-0.1, -0.05) is 12.1 Å². The average molecular weight is 444 g/mol. The molecule has 1 amide bonds. The van der Waals surface area contributed by atoms with E-state index in [0.717, 1.165) is 10.1 Å². The van der Waals surface area contributed by atoms with Crippen LogP contribution in [0.15, 0.2) is 39.9 Å². The van der Waals surface area contributed by atoms with Gasteiger partial charge in [-0.15, -0.1) is 0 Å². The minimum atomic E-state index is -4.53. The number of hydrogen-bond donors (Lipinski definition) is 1. The van der Waals surface area contributed by atoms with Gasteiger partial charge in [0.05, 0.1) is 15.5 Å². The molecule has 0 saturated carbocycles. The number of halogens is 4. The number of fused-ring (bicyclic) bond motifs is 1. The highest BCUT2D eigenvalue weighted by atomic mass is 79.9. The van der Waals surface area contributed by atoms with Crippen LogP contribution in [0.25, 0.3) is 17.0 Å². The summed E-state index contributed by atoms with van der Waals surface area (Å²) in [5.41, 5.74) is 0.983. The molecule has 142 valence electrons. The number of hydrogen-bond acceptors (Lipinski definition) is 4. The molecule has 2 aromatic heterocycles. The van der Waals surface area contributed by atoms with Gasteiger partial charge in [-0.05, 0) is 34.5 Å². The minimum Gasteiger partial charge on any atom is -0.345 e. The molecule has 1 aromatic carbocycles. The number of amides is 1. The van der Waals surface area contributed by atoms with Crippen molar-refractivity contribution >= 4 is 32.9 Å². The van der Waals surface area contributed by atoms with Crippen molar-refractivity contribution in [3.63, 3.8) is 0 Å². The molecule has 0 saturated heterocycles. The van der Waals surface area contributed by atoms with Crippen LogP contribution in [0.2, 0.25) is 0 Å². The second-order valence-electron chi connectivity index (χ2n) is 5.74. The lowest BCUT2D eigenvalue weighted by Gasteiger charge is -2.08. The van der Waals surface area contributed by atoms with Crippen LogP contribution >= 0.6 is 15.9 Å². The molecule has 0 aliphatic heterocycles. The molecule has 0 spiro atoms. The Hall–Kier alpha value is -2.69. The largest absolute Gasteiger partial charge is 0.405 e. The second kappa shape index (κ2) is 7.14. The minimum absolute atomic E-state index is 0.0944. The number of alkyl halides is 3. The van der Waals surface area contributed by atoms with Gasteiger partial charge in [0.1, 0.15) is 13.1 Å². The van der Waals surface area contributed by atoms with Gasteiger partial charge < -0.3 is 5.32 Å².